The van der Waals surface area contributed by atoms with Gasteiger partial charge in [-0.15, -0.1) is 0 Å². The standard InChI is InChI=1S/C28H51NO6/c1-2-3-4-5-6-7-8-9-10-11-12-13-14-15-16-17-18-19-20-21-22-29(23-26(30)31,24-27(32)33)25-28(34)35/h20-21H,2-19,22-25H2,1H3,(H2-,30,31,32,33,34,35)/p+1/b21-20+. The maximum atomic E-state index is 11.2. The number of unbranched alkanes of at least 4 members (excludes halogenated alkanes) is 17. The third-order valence-electron chi connectivity index (χ3n) is 6.55. The van der Waals surface area contributed by atoms with E-state index in [2.05, 4.69) is 6.92 Å². The maximum absolute atomic E-state index is 11.2. The van der Waals surface area contributed by atoms with E-state index in [-0.39, 0.29) is 6.54 Å². The van der Waals surface area contributed by atoms with Crippen molar-refractivity contribution in [2.45, 2.75) is 122 Å². The van der Waals surface area contributed by atoms with Gasteiger partial charge >= 0.3 is 17.9 Å². The lowest BCUT2D eigenvalue weighted by Gasteiger charge is -2.33. The molecule has 0 heterocycles. The molecule has 0 aromatic rings. The highest BCUT2D eigenvalue weighted by atomic mass is 16.4. The summed E-state index contributed by atoms with van der Waals surface area (Å²) in [6.45, 7) is 0.773. The molecular weight excluding hydrogens is 446 g/mol. The van der Waals surface area contributed by atoms with Gasteiger partial charge in [0.15, 0.2) is 19.6 Å². The van der Waals surface area contributed by atoms with Crippen LogP contribution in [0, 0.1) is 0 Å². The van der Waals surface area contributed by atoms with E-state index in [4.69, 9.17) is 15.3 Å². The molecule has 0 fully saturated rings. The summed E-state index contributed by atoms with van der Waals surface area (Å²) in [7, 11) is 0. The first-order valence-corrected chi connectivity index (χ1v) is 14.0. The summed E-state index contributed by atoms with van der Waals surface area (Å²) in [5.74, 6) is -3.60. The molecule has 7 nitrogen and oxygen atoms in total. The van der Waals surface area contributed by atoms with E-state index in [1.54, 1.807) is 6.08 Å². The number of hydrogen-bond donors (Lipinski definition) is 3. The van der Waals surface area contributed by atoms with Gasteiger partial charge in [0.05, 0.1) is 6.54 Å². The molecule has 0 saturated heterocycles. The van der Waals surface area contributed by atoms with E-state index in [1.807, 2.05) is 6.08 Å². The normalized spacial score (nSPS) is 11.8. The summed E-state index contributed by atoms with van der Waals surface area (Å²) in [5, 5.41) is 27.3. The number of quaternary nitrogens is 1. The second-order valence-electron chi connectivity index (χ2n) is 10.1. The Hall–Kier alpha value is -1.89. The fourth-order valence-corrected chi connectivity index (χ4v) is 4.63. The van der Waals surface area contributed by atoms with Crippen LogP contribution in [0.25, 0.3) is 0 Å². The zero-order valence-electron chi connectivity index (χ0n) is 22.2. The Bertz CT molecular complexity index is 549. The third kappa shape index (κ3) is 22.3. The average molecular weight is 499 g/mol. The molecule has 0 aliphatic heterocycles. The molecule has 0 rings (SSSR count). The maximum Gasteiger partial charge on any atom is 0.359 e. The molecule has 0 spiro atoms. The van der Waals surface area contributed by atoms with E-state index in [0.29, 0.717) is 0 Å². The van der Waals surface area contributed by atoms with Crippen molar-refractivity contribution in [2.24, 2.45) is 0 Å². The number of hydrogen-bond acceptors (Lipinski definition) is 3. The van der Waals surface area contributed by atoms with Crippen LogP contribution >= 0.6 is 0 Å². The van der Waals surface area contributed by atoms with Crippen LogP contribution in [0.1, 0.15) is 122 Å². The Balaban J connectivity index is 3.76. The van der Waals surface area contributed by atoms with Crippen LogP contribution in [0.2, 0.25) is 0 Å². The Morgan fingerprint density at radius 3 is 1.14 bits per heavy atom. The Labute approximate surface area is 213 Å². The van der Waals surface area contributed by atoms with Crippen molar-refractivity contribution in [3.05, 3.63) is 12.2 Å². The molecule has 3 N–H and O–H groups in total. The minimum Gasteiger partial charge on any atom is -0.477 e. The van der Waals surface area contributed by atoms with E-state index in [9.17, 15) is 14.4 Å². The van der Waals surface area contributed by atoms with Crippen molar-refractivity contribution >= 4 is 17.9 Å². The van der Waals surface area contributed by atoms with Crippen molar-refractivity contribution < 1.29 is 34.2 Å². The summed E-state index contributed by atoms with van der Waals surface area (Å²) in [5.41, 5.74) is 0. The van der Waals surface area contributed by atoms with Crippen molar-refractivity contribution in [1.82, 2.24) is 0 Å². The highest BCUT2D eigenvalue weighted by Gasteiger charge is 2.34. The van der Waals surface area contributed by atoms with Gasteiger partial charge < -0.3 is 15.3 Å². The van der Waals surface area contributed by atoms with E-state index in [0.717, 1.165) is 19.3 Å². The van der Waals surface area contributed by atoms with Gasteiger partial charge in [0.1, 0.15) is 0 Å². The Kier molecular flexibility index (Phi) is 21.3. The Morgan fingerprint density at radius 1 is 0.514 bits per heavy atom. The van der Waals surface area contributed by atoms with Crippen LogP contribution in [0.15, 0.2) is 12.2 Å². The van der Waals surface area contributed by atoms with Gasteiger partial charge in [0.25, 0.3) is 0 Å². The lowest BCUT2D eigenvalue weighted by Crippen LogP contribution is -2.56. The molecule has 0 radical (unpaired) electrons. The van der Waals surface area contributed by atoms with Gasteiger partial charge in [-0.2, -0.15) is 0 Å². The quantitative estimate of drug-likeness (QED) is 0.0699. The number of aliphatic carboxylic acids is 3. The number of rotatable bonds is 26. The molecule has 0 aliphatic carbocycles. The summed E-state index contributed by atoms with van der Waals surface area (Å²) < 4.78 is -0.518. The first-order chi connectivity index (χ1) is 16.8. The highest BCUT2D eigenvalue weighted by molar-refractivity contribution is 5.73. The molecule has 0 amide bonds. The minimum atomic E-state index is -1.20. The lowest BCUT2D eigenvalue weighted by molar-refractivity contribution is -0.902. The van der Waals surface area contributed by atoms with Crippen LogP contribution in [-0.2, 0) is 14.4 Å². The fraction of sp³-hybridized carbons (Fsp3) is 0.821. The molecule has 35 heavy (non-hydrogen) atoms. The number of carboxylic acid groups (broad SMARTS) is 3. The first kappa shape index (κ1) is 33.1. The first-order valence-electron chi connectivity index (χ1n) is 14.0. The Morgan fingerprint density at radius 2 is 0.829 bits per heavy atom. The third-order valence-corrected chi connectivity index (χ3v) is 6.55. The molecule has 0 aromatic heterocycles. The topological polar surface area (TPSA) is 112 Å². The number of carbonyl (C=O) groups is 3. The number of nitrogens with zero attached hydrogens (tertiary/aromatic N) is 1. The summed E-state index contributed by atoms with van der Waals surface area (Å²) in [6.07, 6.45) is 27.0. The predicted molar refractivity (Wildman–Crippen MR) is 141 cm³/mol. The smallest absolute Gasteiger partial charge is 0.359 e. The molecular formula is C28H52NO6+. The second-order valence-corrected chi connectivity index (χ2v) is 10.1. The SMILES string of the molecule is CCCCCCCCCCCCCCCCCCC/C=C/C[N+](CC(=O)O)(CC(=O)O)CC(=O)O. The van der Waals surface area contributed by atoms with Gasteiger partial charge in [-0.25, -0.2) is 14.4 Å². The van der Waals surface area contributed by atoms with Crippen LogP contribution in [-0.4, -0.2) is 63.9 Å². The zero-order valence-corrected chi connectivity index (χ0v) is 22.2. The van der Waals surface area contributed by atoms with Crippen molar-refractivity contribution in [1.29, 1.82) is 0 Å². The molecule has 0 atom stereocenters. The van der Waals surface area contributed by atoms with E-state index in [1.165, 1.54) is 96.3 Å². The summed E-state index contributed by atoms with van der Waals surface area (Å²) in [6, 6.07) is 0. The van der Waals surface area contributed by atoms with Gasteiger partial charge in [-0.05, 0) is 18.9 Å². The molecule has 0 unspecified atom stereocenters. The highest BCUT2D eigenvalue weighted by Crippen LogP contribution is 2.14. The molecule has 0 bridgehead atoms. The average Bonchev–Trinajstić information content (AvgIpc) is 2.76. The molecule has 0 saturated carbocycles. The van der Waals surface area contributed by atoms with Crippen molar-refractivity contribution in [3.8, 4) is 0 Å². The fourth-order valence-electron chi connectivity index (χ4n) is 4.63. The van der Waals surface area contributed by atoms with Gasteiger partial charge in [-0.1, -0.05) is 116 Å². The number of allylic oxidation sites excluding steroid dienone is 1. The monoisotopic (exact) mass is 498 g/mol. The number of carboxylic acids is 3. The van der Waals surface area contributed by atoms with Crippen LogP contribution in [0.3, 0.4) is 0 Å². The van der Waals surface area contributed by atoms with Crippen LogP contribution in [0.5, 0.6) is 0 Å². The molecule has 204 valence electrons. The van der Waals surface area contributed by atoms with E-state index < -0.39 is 42.0 Å². The minimum absolute atomic E-state index is 0.0872. The predicted octanol–water partition coefficient (Wildman–Crippen LogP) is 6.65. The lowest BCUT2D eigenvalue weighted by atomic mass is 10.0. The van der Waals surface area contributed by atoms with Crippen LogP contribution in [0.4, 0.5) is 0 Å². The summed E-state index contributed by atoms with van der Waals surface area (Å²) >= 11 is 0. The molecule has 7 heteroatoms. The van der Waals surface area contributed by atoms with E-state index >= 15 is 0 Å². The zero-order chi connectivity index (χ0) is 26.2. The van der Waals surface area contributed by atoms with Crippen molar-refractivity contribution in [3.63, 3.8) is 0 Å². The molecule has 0 aromatic carbocycles. The second kappa shape index (κ2) is 22.6. The van der Waals surface area contributed by atoms with Crippen LogP contribution < -0.4 is 0 Å². The van der Waals surface area contributed by atoms with Gasteiger partial charge in [0, 0.05) is 0 Å². The van der Waals surface area contributed by atoms with Gasteiger partial charge in [-0.3, -0.25) is 4.48 Å². The van der Waals surface area contributed by atoms with Crippen molar-refractivity contribution in [2.75, 3.05) is 26.2 Å². The van der Waals surface area contributed by atoms with Gasteiger partial charge in [0.2, 0.25) is 0 Å². The largest absolute Gasteiger partial charge is 0.477 e. The molecule has 0 aliphatic rings. The summed E-state index contributed by atoms with van der Waals surface area (Å²) in [4.78, 5) is 33.5.